The predicted molar refractivity (Wildman–Crippen MR) is 53.9 cm³/mol. The Morgan fingerprint density at radius 1 is 0.917 bits per heavy atom. The van der Waals surface area contributed by atoms with E-state index in [1.807, 2.05) is 0 Å². The molecule has 0 atom stereocenters. The van der Waals surface area contributed by atoms with Crippen molar-refractivity contribution in [2.24, 2.45) is 0 Å². The second kappa shape index (κ2) is 8.01. The molecule has 0 spiro atoms. The smallest absolute Gasteiger partial charge is 0.559 e. The molecule has 0 saturated heterocycles. The Kier molecular flexibility index (Phi) is 8.46. The van der Waals surface area contributed by atoms with Crippen LogP contribution in [0.4, 0.5) is 43.9 Å². The zero-order valence-electron chi connectivity index (χ0n) is 11.5. The lowest BCUT2D eigenvalue weighted by Crippen LogP contribution is -2.50. The molecule has 5 nitrogen and oxygen atoms in total. The van der Waals surface area contributed by atoms with Gasteiger partial charge in [-0.1, -0.05) is 0 Å². The topological polar surface area (TPSA) is 75.7 Å². The van der Waals surface area contributed by atoms with Crippen LogP contribution in [0.15, 0.2) is 0 Å². The van der Waals surface area contributed by atoms with Gasteiger partial charge in [-0.15, -0.1) is 17.6 Å². The minimum Gasteiger partial charge on any atom is -0.743 e. The number of hydrogen-bond acceptors (Lipinski definition) is 5. The molecular weight excluding hydrogens is 398 g/mol. The normalized spacial score (nSPS) is 14.4. The van der Waals surface area contributed by atoms with Crippen molar-refractivity contribution in [1.82, 2.24) is 0 Å². The van der Waals surface area contributed by atoms with Gasteiger partial charge in [-0.3, -0.25) is 0 Å². The fraction of sp³-hybridized carbons (Fsp3) is 1.00. The van der Waals surface area contributed by atoms with Crippen LogP contribution < -0.4 is 0 Å². The number of ether oxygens (including phenoxy) is 2. The zero-order chi connectivity index (χ0) is 20.2. The van der Waals surface area contributed by atoms with E-state index in [1.54, 1.807) is 0 Å². The molecule has 0 bridgehead atoms. The van der Waals surface area contributed by atoms with Gasteiger partial charge in [-0.05, 0) is 13.8 Å². The quantitative estimate of drug-likeness (QED) is 0.479. The van der Waals surface area contributed by atoms with E-state index in [0.717, 1.165) is 13.8 Å². The average molecular weight is 407 g/mol. The van der Waals surface area contributed by atoms with Crippen molar-refractivity contribution in [3.05, 3.63) is 0 Å². The maximum absolute atomic E-state index is 12.7. The molecule has 0 fully saturated rings. The molecule has 0 N–H and O–H groups in total. The molecule has 148 valence electrons. The summed E-state index contributed by atoms with van der Waals surface area (Å²) in [4.78, 5) is 0. The molecule has 0 saturated carbocycles. The molecule has 0 aromatic rings. The lowest BCUT2D eigenvalue weighted by Gasteiger charge is -2.29. The monoisotopic (exact) mass is 407 g/mol. The van der Waals surface area contributed by atoms with Gasteiger partial charge in [0.15, 0.2) is 10.1 Å². The third-order valence-electron chi connectivity index (χ3n) is 1.48. The molecule has 24 heavy (non-hydrogen) atoms. The zero-order valence-corrected chi connectivity index (χ0v) is 12.3. The summed E-state index contributed by atoms with van der Waals surface area (Å²) in [7, 11) is -6.79. The molecule has 0 rings (SSSR count). The van der Waals surface area contributed by atoms with E-state index in [-0.39, 0.29) is 0 Å². The van der Waals surface area contributed by atoms with Crippen molar-refractivity contribution in [2.75, 3.05) is 6.61 Å². The largest absolute Gasteiger partial charge is 0.743 e. The fourth-order valence-corrected chi connectivity index (χ4v) is 1.13. The highest BCUT2D eigenvalue weighted by molar-refractivity contribution is 7.86. The summed E-state index contributed by atoms with van der Waals surface area (Å²) < 4.78 is 151. The molecule has 0 amide bonds. The maximum Gasteiger partial charge on any atom is 0.559 e. The first-order chi connectivity index (χ1) is 10.1. The Morgan fingerprint density at radius 3 is 1.50 bits per heavy atom. The summed E-state index contributed by atoms with van der Waals surface area (Å²) in [6.07, 6.45) is -16.9. The van der Waals surface area contributed by atoms with Crippen molar-refractivity contribution in [2.45, 2.75) is 43.9 Å². The third kappa shape index (κ3) is 10.1. The van der Waals surface area contributed by atoms with Gasteiger partial charge in [0.2, 0.25) is 0 Å². The maximum atomic E-state index is 12.7. The molecule has 0 aromatic heterocycles. The summed E-state index contributed by atoms with van der Waals surface area (Å²) in [5, 5.41) is -6.19. The minimum absolute atomic E-state index is 1.10. The Labute approximate surface area is 128 Å². The first-order valence-corrected chi connectivity index (χ1v) is 6.69. The van der Waals surface area contributed by atoms with Gasteiger partial charge in [-0.2, -0.15) is 26.3 Å². The van der Waals surface area contributed by atoms with Gasteiger partial charge in [0.05, 0.1) is 6.10 Å². The average Bonchev–Trinajstić information content (AvgIpc) is 2.20. The van der Waals surface area contributed by atoms with Crippen molar-refractivity contribution >= 4 is 10.1 Å². The van der Waals surface area contributed by atoms with E-state index >= 15 is 0 Å². The van der Waals surface area contributed by atoms with Crippen molar-refractivity contribution in [3.8, 4) is 0 Å². The lowest BCUT2D eigenvalue weighted by molar-refractivity contribution is -0.365. The molecule has 0 aliphatic heterocycles. The predicted octanol–water partition coefficient (Wildman–Crippen LogP) is 3.23. The van der Waals surface area contributed by atoms with E-state index in [4.69, 9.17) is 0 Å². The van der Waals surface area contributed by atoms with Gasteiger partial charge in [0, 0.05) is 0 Å². The number of halogens is 10. The SMILES string of the molecule is CC(C)OC(F)(F)COC(F)(F)C(F)(F)S(=O)(=O)[O-].FC(F)(F)F. The fourth-order valence-electron chi connectivity index (χ4n) is 0.783. The molecule has 0 aliphatic rings. The van der Waals surface area contributed by atoms with Gasteiger partial charge >= 0.3 is 23.9 Å². The van der Waals surface area contributed by atoms with Crippen molar-refractivity contribution < 1.29 is 66.3 Å². The van der Waals surface area contributed by atoms with Gasteiger partial charge in [-0.25, -0.2) is 8.42 Å². The van der Waals surface area contributed by atoms with Crippen molar-refractivity contribution in [1.29, 1.82) is 0 Å². The molecule has 0 aromatic carbocycles. The molecular formula is C8H9F10O5S-. The second-order valence-electron chi connectivity index (χ2n) is 4.01. The summed E-state index contributed by atoms with van der Waals surface area (Å²) >= 11 is 0. The van der Waals surface area contributed by atoms with E-state index in [0.29, 0.717) is 0 Å². The first-order valence-electron chi connectivity index (χ1n) is 5.28. The van der Waals surface area contributed by atoms with Crippen LogP contribution in [0, 0.1) is 0 Å². The van der Waals surface area contributed by atoms with Crippen LogP contribution in [0.3, 0.4) is 0 Å². The number of alkyl halides is 10. The Morgan fingerprint density at radius 2 is 1.25 bits per heavy atom. The molecule has 16 heteroatoms. The van der Waals surface area contributed by atoms with Gasteiger partial charge < -0.3 is 14.0 Å². The minimum atomic E-state index is -6.79. The summed E-state index contributed by atoms with van der Waals surface area (Å²) in [5.74, 6) is 0. The van der Waals surface area contributed by atoms with Crippen molar-refractivity contribution in [3.63, 3.8) is 0 Å². The van der Waals surface area contributed by atoms with Crippen LogP contribution in [0.2, 0.25) is 0 Å². The first kappa shape index (κ1) is 25.4. The Balaban J connectivity index is 0. The highest BCUT2D eigenvalue weighted by Gasteiger charge is 2.64. The second-order valence-corrected chi connectivity index (χ2v) is 5.43. The highest BCUT2D eigenvalue weighted by atomic mass is 32.2. The molecule has 0 heterocycles. The van der Waals surface area contributed by atoms with E-state index in [9.17, 15) is 56.9 Å². The van der Waals surface area contributed by atoms with E-state index < -0.39 is 46.7 Å². The van der Waals surface area contributed by atoms with Gasteiger partial charge in [0.1, 0.15) is 6.61 Å². The Bertz CT molecular complexity index is 480. The summed E-state index contributed by atoms with van der Waals surface area (Å²) in [6.45, 7) is -0.158. The van der Waals surface area contributed by atoms with Crippen LogP contribution in [0.5, 0.6) is 0 Å². The lowest BCUT2D eigenvalue weighted by atomic mass is 10.5. The van der Waals surface area contributed by atoms with E-state index in [2.05, 4.69) is 9.47 Å². The highest BCUT2D eigenvalue weighted by Crippen LogP contribution is 2.40. The third-order valence-corrected chi connectivity index (χ3v) is 2.35. The summed E-state index contributed by atoms with van der Waals surface area (Å²) in [5.41, 5.74) is 0. The van der Waals surface area contributed by atoms with Crippen LogP contribution >= 0.6 is 0 Å². The molecule has 0 radical (unpaired) electrons. The van der Waals surface area contributed by atoms with E-state index in [1.165, 1.54) is 0 Å². The standard InChI is InChI=1S/C7H10F6O5S.CF4/c1-4(2)18-5(8,9)3-17-6(10,11)7(12,13)19(14,15)16;2-1(3,4)5/h4H,3H2,1-2H3,(H,14,15,16);/p-1. The van der Waals surface area contributed by atoms with Gasteiger partial charge in [0.25, 0.3) is 0 Å². The Hall–Kier alpha value is -0.870. The molecule has 0 aliphatic carbocycles. The van der Waals surface area contributed by atoms with Crippen LogP contribution in [-0.2, 0) is 19.6 Å². The number of rotatable bonds is 7. The van der Waals surface area contributed by atoms with Crippen LogP contribution in [-0.4, -0.2) is 49.6 Å². The van der Waals surface area contributed by atoms with Crippen LogP contribution in [0.1, 0.15) is 13.8 Å². The molecule has 0 unspecified atom stereocenters. The summed E-state index contributed by atoms with van der Waals surface area (Å²) in [6, 6.07) is 0. The number of hydrogen-bond donors (Lipinski definition) is 0. The van der Waals surface area contributed by atoms with Crippen LogP contribution in [0.25, 0.3) is 0 Å².